The summed E-state index contributed by atoms with van der Waals surface area (Å²) in [6.45, 7) is 4.45. The molecular weight excluding hydrogens is 498 g/mol. The summed E-state index contributed by atoms with van der Waals surface area (Å²) >= 11 is 0. The molecule has 0 aliphatic carbocycles. The quantitative estimate of drug-likeness (QED) is 0.510. The number of carbonyl (C=O) groups excluding carboxylic acids is 2. The molecule has 1 saturated heterocycles. The van der Waals surface area contributed by atoms with Gasteiger partial charge in [0, 0.05) is 24.7 Å². The lowest BCUT2D eigenvalue weighted by Gasteiger charge is -2.35. The van der Waals surface area contributed by atoms with E-state index in [1.807, 2.05) is 13.8 Å². The van der Waals surface area contributed by atoms with Crippen LogP contribution in [0.5, 0.6) is 17.2 Å². The molecule has 0 radical (unpaired) electrons. The number of piperidine rings is 1. The Balaban J connectivity index is 1.47. The molecule has 10 nitrogen and oxygen atoms in total. The molecule has 2 aromatic carbocycles. The van der Waals surface area contributed by atoms with Crippen molar-refractivity contribution in [2.45, 2.75) is 50.1 Å². The van der Waals surface area contributed by atoms with Crippen molar-refractivity contribution in [2.75, 3.05) is 27.0 Å². The first kappa shape index (κ1) is 26.7. The number of rotatable bonds is 9. The highest BCUT2D eigenvalue weighted by molar-refractivity contribution is 7.89. The van der Waals surface area contributed by atoms with Crippen molar-refractivity contribution in [3.8, 4) is 17.2 Å². The van der Waals surface area contributed by atoms with Crippen molar-refractivity contribution in [1.29, 1.82) is 0 Å². The second-order valence-electron chi connectivity index (χ2n) is 9.25. The number of nitrogens with zero attached hydrogens (tertiary/aromatic N) is 1. The number of hydrogen-bond donors (Lipinski definition) is 2. The summed E-state index contributed by atoms with van der Waals surface area (Å²) in [5, 5.41) is 5.85. The molecule has 2 atom stereocenters. The SMILES string of the molecule is CC[C@H](C)NC(=O)[C@H](NC(=O)c1ccc2c(c1)OCO2)C1CCN(S(=O)(=O)c2ccc(OC)cc2)CC1. The molecular formula is C26H33N3O7S. The Bertz CT molecular complexity index is 1230. The second-order valence-corrected chi connectivity index (χ2v) is 11.2. The van der Waals surface area contributed by atoms with Gasteiger partial charge in [-0.25, -0.2) is 8.42 Å². The molecule has 200 valence electrons. The fourth-order valence-electron chi connectivity index (χ4n) is 4.44. The Morgan fingerprint density at radius 1 is 1.05 bits per heavy atom. The van der Waals surface area contributed by atoms with Gasteiger partial charge in [-0.1, -0.05) is 6.92 Å². The molecule has 0 spiro atoms. The van der Waals surface area contributed by atoms with Crippen molar-refractivity contribution in [1.82, 2.24) is 14.9 Å². The van der Waals surface area contributed by atoms with Gasteiger partial charge in [-0.05, 0) is 74.6 Å². The third-order valence-electron chi connectivity index (χ3n) is 6.87. The fourth-order valence-corrected chi connectivity index (χ4v) is 5.91. The number of methoxy groups -OCH3 is 1. The minimum Gasteiger partial charge on any atom is -0.497 e. The van der Waals surface area contributed by atoms with Crippen molar-refractivity contribution in [3.63, 3.8) is 0 Å². The van der Waals surface area contributed by atoms with E-state index < -0.39 is 22.0 Å². The van der Waals surface area contributed by atoms with Crippen LogP contribution >= 0.6 is 0 Å². The maximum absolute atomic E-state index is 13.2. The molecule has 11 heteroatoms. The molecule has 37 heavy (non-hydrogen) atoms. The Hall–Kier alpha value is -3.31. The predicted octanol–water partition coefficient (Wildman–Crippen LogP) is 2.54. The first-order valence-electron chi connectivity index (χ1n) is 12.4. The van der Waals surface area contributed by atoms with E-state index in [9.17, 15) is 18.0 Å². The highest BCUT2D eigenvalue weighted by Crippen LogP contribution is 2.33. The van der Waals surface area contributed by atoms with Gasteiger partial charge in [0.05, 0.1) is 12.0 Å². The number of sulfonamides is 1. The van der Waals surface area contributed by atoms with Crippen LogP contribution in [0.4, 0.5) is 0 Å². The Morgan fingerprint density at radius 2 is 1.73 bits per heavy atom. The lowest BCUT2D eigenvalue weighted by Crippen LogP contribution is -2.55. The lowest BCUT2D eigenvalue weighted by atomic mass is 9.89. The maximum Gasteiger partial charge on any atom is 0.252 e. The summed E-state index contributed by atoms with van der Waals surface area (Å²) in [6, 6.07) is 10.3. The van der Waals surface area contributed by atoms with E-state index in [0.717, 1.165) is 6.42 Å². The monoisotopic (exact) mass is 531 g/mol. The Morgan fingerprint density at radius 3 is 2.38 bits per heavy atom. The van der Waals surface area contributed by atoms with E-state index >= 15 is 0 Å². The molecule has 2 aliphatic heterocycles. The largest absolute Gasteiger partial charge is 0.497 e. The van der Waals surface area contributed by atoms with Gasteiger partial charge in [0.25, 0.3) is 5.91 Å². The van der Waals surface area contributed by atoms with E-state index in [1.54, 1.807) is 30.3 Å². The summed E-state index contributed by atoms with van der Waals surface area (Å²) in [6.07, 6.45) is 1.60. The molecule has 2 aromatic rings. The minimum absolute atomic E-state index is 0.0621. The average Bonchev–Trinajstić information content (AvgIpc) is 3.39. The van der Waals surface area contributed by atoms with Crippen LogP contribution in [-0.4, -0.2) is 63.6 Å². The third-order valence-corrected chi connectivity index (χ3v) is 8.78. The van der Waals surface area contributed by atoms with Crippen molar-refractivity contribution in [2.24, 2.45) is 5.92 Å². The molecule has 2 amide bonds. The summed E-state index contributed by atoms with van der Waals surface area (Å²) in [4.78, 5) is 26.5. The van der Waals surface area contributed by atoms with E-state index in [4.69, 9.17) is 14.2 Å². The fraction of sp³-hybridized carbons (Fsp3) is 0.462. The molecule has 2 heterocycles. The molecule has 0 aromatic heterocycles. The Kier molecular flexibility index (Phi) is 8.23. The van der Waals surface area contributed by atoms with E-state index in [0.29, 0.717) is 35.7 Å². The highest BCUT2D eigenvalue weighted by Gasteiger charge is 2.37. The van der Waals surface area contributed by atoms with Crippen LogP contribution in [0.25, 0.3) is 0 Å². The zero-order valence-corrected chi connectivity index (χ0v) is 22.0. The summed E-state index contributed by atoms with van der Waals surface area (Å²) in [7, 11) is -2.17. The zero-order valence-electron chi connectivity index (χ0n) is 21.2. The van der Waals surface area contributed by atoms with Gasteiger partial charge in [-0.15, -0.1) is 0 Å². The molecule has 4 rings (SSSR count). The number of fused-ring (bicyclic) bond motifs is 1. The van der Waals surface area contributed by atoms with Gasteiger partial charge < -0.3 is 24.8 Å². The van der Waals surface area contributed by atoms with E-state index in [2.05, 4.69) is 10.6 Å². The number of benzene rings is 2. The van der Waals surface area contributed by atoms with Crippen molar-refractivity contribution < 1.29 is 32.2 Å². The van der Waals surface area contributed by atoms with Crippen LogP contribution in [0.3, 0.4) is 0 Å². The third kappa shape index (κ3) is 5.99. The van der Waals surface area contributed by atoms with Crippen LogP contribution in [0, 0.1) is 5.92 Å². The van der Waals surface area contributed by atoms with Gasteiger partial charge in [-0.2, -0.15) is 4.31 Å². The summed E-state index contributed by atoms with van der Waals surface area (Å²) in [5.74, 6) is 0.699. The normalized spacial score (nSPS) is 17.6. The predicted molar refractivity (Wildman–Crippen MR) is 136 cm³/mol. The topological polar surface area (TPSA) is 123 Å². The van der Waals surface area contributed by atoms with Crippen LogP contribution in [0.15, 0.2) is 47.4 Å². The van der Waals surface area contributed by atoms with Crippen LogP contribution < -0.4 is 24.8 Å². The van der Waals surface area contributed by atoms with Gasteiger partial charge >= 0.3 is 0 Å². The van der Waals surface area contributed by atoms with Crippen LogP contribution in [-0.2, 0) is 14.8 Å². The smallest absolute Gasteiger partial charge is 0.252 e. The van der Waals surface area contributed by atoms with Crippen molar-refractivity contribution >= 4 is 21.8 Å². The summed E-state index contributed by atoms with van der Waals surface area (Å²) < 4.78 is 43.5. The van der Waals surface area contributed by atoms with Crippen LogP contribution in [0.2, 0.25) is 0 Å². The maximum atomic E-state index is 13.2. The molecule has 1 fully saturated rings. The summed E-state index contributed by atoms with van der Waals surface area (Å²) in [5.41, 5.74) is 0.352. The second kappa shape index (κ2) is 11.4. The van der Waals surface area contributed by atoms with Crippen molar-refractivity contribution in [3.05, 3.63) is 48.0 Å². The van der Waals surface area contributed by atoms with Gasteiger partial charge in [0.15, 0.2) is 11.5 Å². The average molecular weight is 532 g/mol. The van der Waals surface area contributed by atoms with Gasteiger partial charge in [0.1, 0.15) is 11.8 Å². The molecule has 0 saturated carbocycles. The Labute approximate surface area is 217 Å². The highest BCUT2D eigenvalue weighted by atomic mass is 32.2. The first-order valence-corrected chi connectivity index (χ1v) is 13.8. The first-order chi connectivity index (χ1) is 17.7. The number of nitrogens with one attached hydrogen (secondary N) is 2. The zero-order chi connectivity index (χ0) is 26.6. The van der Waals surface area contributed by atoms with E-state index in [1.165, 1.54) is 23.5 Å². The molecule has 2 aliphatic rings. The number of ether oxygens (including phenoxy) is 3. The molecule has 0 unspecified atom stereocenters. The number of amides is 2. The van der Waals surface area contributed by atoms with Gasteiger partial charge in [-0.3, -0.25) is 9.59 Å². The standard InChI is InChI=1S/C26H33N3O7S/c1-4-17(2)27-26(31)24(28-25(30)19-5-10-22-23(15-19)36-16-35-22)18-11-13-29(14-12-18)37(32,33)21-8-6-20(34-3)7-9-21/h5-10,15,17-18,24H,4,11-14,16H2,1-3H3,(H,27,31)(H,28,30)/t17-,24+/m0/s1. The number of carbonyl (C=O) groups is 2. The van der Waals surface area contributed by atoms with Gasteiger partial charge in [0.2, 0.25) is 22.7 Å². The van der Waals surface area contributed by atoms with Crippen LogP contribution in [0.1, 0.15) is 43.5 Å². The molecule has 0 bridgehead atoms. The van der Waals surface area contributed by atoms with E-state index in [-0.39, 0.29) is 42.6 Å². The molecule has 2 N–H and O–H groups in total. The number of hydrogen-bond acceptors (Lipinski definition) is 7. The lowest BCUT2D eigenvalue weighted by molar-refractivity contribution is -0.125. The minimum atomic E-state index is -3.69.